The number of rotatable bonds is 3. The van der Waals surface area contributed by atoms with Gasteiger partial charge in [0.25, 0.3) is 0 Å². The maximum atomic E-state index is 5.87. The molecule has 0 saturated carbocycles. The molecule has 0 radical (unpaired) electrons. The molecule has 0 aliphatic heterocycles. The van der Waals surface area contributed by atoms with Gasteiger partial charge in [-0.2, -0.15) is 9.61 Å². The lowest BCUT2D eigenvalue weighted by atomic mass is 10.2. The molecule has 1 aromatic carbocycles. The van der Waals surface area contributed by atoms with E-state index < -0.39 is 0 Å². The predicted octanol–water partition coefficient (Wildman–Crippen LogP) is 3.30. The summed E-state index contributed by atoms with van der Waals surface area (Å²) in [5.41, 5.74) is 3.16. The Bertz CT molecular complexity index is 703. The molecule has 0 bridgehead atoms. The molecule has 1 N–H and O–H groups in total. The second kappa shape index (κ2) is 4.90. The van der Waals surface area contributed by atoms with Gasteiger partial charge >= 0.3 is 0 Å². The molecule has 2 aromatic heterocycles. The van der Waals surface area contributed by atoms with Crippen LogP contribution in [-0.2, 0) is 6.54 Å². The average Bonchev–Trinajstić information content (AvgIpc) is 2.85. The minimum atomic E-state index is 0.718. The van der Waals surface area contributed by atoms with E-state index in [4.69, 9.17) is 11.6 Å². The van der Waals surface area contributed by atoms with Crippen LogP contribution in [0.3, 0.4) is 0 Å². The van der Waals surface area contributed by atoms with E-state index in [1.807, 2.05) is 37.3 Å². The molecule has 3 rings (SSSR count). The molecule has 0 atom stereocenters. The van der Waals surface area contributed by atoms with Crippen LogP contribution < -0.4 is 5.32 Å². The van der Waals surface area contributed by atoms with Crippen LogP contribution >= 0.6 is 11.6 Å². The van der Waals surface area contributed by atoms with Crippen LogP contribution in [-0.4, -0.2) is 14.6 Å². The van der Waals surface area contributed by atoms with E-state index >= 15 is 0 Å². The van der Waals surface area contributed by atoms with Crippen molar-refractivity contribution in [2.24, 2.45) is 0 Å². The Hall–Kier alpha value is -2.07. The molecular weight excluding hydrogens is 260 g/mol. The van der Waals surface area contributed by atoms with Gasteiger partial charge in [0.1, 0.15) is 12.1 Å². The fraction of sp³-hybridized carbons (Fsp3) is 0.143. The maximum absolute atomic E-state index is 5.87. The van der Waals surface area contributed by atoms with Gasteiger partial charge in [-0.25, -0.2) is 4.98 Å². The fourth-order valence-corrected chi connectivity index (χ4v) is 2.10. The van der Waals surface area contributed by atoms with Gasteiger partial charge < -0.3 is 5.32 Å². The number of aromatic nitrogens is 3. The topological polar surface area (TPSA) is 42.2 Å². The number of halogens is 1. The minimum Gasteiger partial charge on any atom is -0.366 e. The van der Waals surface area contributed by atoms with E-state index in [-0.39, 0.29) is 0 Å². The van der Waals surface area contributed by atoms with E-state index in [9.17, 15) is 0 Å². The Balaban J connectivity index is 1.85. The summed E-state index contributed by atoms with van der Waals surface area (Å²) in [5, 5.41) is 8.32. The number of benzene rings is 1. The number of anilines is 1. The third-order valence-electron chi connectivity index (χ3n) is 2.91. The number of hydrogen-bond donors (Lipinski definition) is 1. The highest BCUT2D eigenvalue weighted by atomic mass is 35.5. The first-order chi connectivity index (χ1) is 9.22. The molecule has 0 aliphatic rings. The standard InChI is InChI=1S/C14H13ClN4/c1-10-6-13(19-14(7-10)17-9-18-19)16-8-11-2-4-12(15)5-3-11/h2-7,9,16H,8H2,1H3. The van der Waals surface area contributed by atoms with E-state index in [1.165, 1.54) is 5.56 Å². The highest BCUT2D eigenvalue weighted by Crippen LogP contribution is 2.15. The highest BCUT2D eigenvalue weighted by Gasteiger charge is 2.03. The van der Waals surface area contributed by atoms with Crippen molar-refractivity contribution in [2.75, 3.05) is 5.32 Å². The predicted molar refractivity (Wildman–Crippen MR) is 76.5 cm³/mol. The van der Waals surface area contributed by atoms with Gasteiger partial charge in [0.15, 0.2) is 5.65 Å². The smallest absolute Gasteiger partial charge is 0.157 e. The summed E-state index contributed by atoms with van der Waals surface area (Å²) < 4.78 is 1.79. The van der Waals surface area contributed by atoms with Gasteiger partial charge in [-0.3, -0.25) is 0 Å². The summed E-state index contributed by atoms with van der Waals surface area (Å²) in [6.07, 6.45) is 1.56. The molecule has 0 aliphatic carbocycles. The van der Waals surface area contributed by atoms with Crippen LogP contribution in [0.4, 0.5) is 5.82 Å². The first kappa shape index (κ1) is 12.0. The molecule has 4 nitrogen and oxygen atoms in total. The van der Waals surface area contributed by atoms with E-state index in [2.05, 4.69) is 21.5 Å². The largest absolute Gasteiger partial charge is 0.366 e. The molecule has 0 spiro atoms. The van der Waals surface area contributed by atoms with Crippen molar-refractivity contribution < 1.29 is 0 Å². The first-order valence-corrected chi connectivity index (χ1v) is 6.39. The zero-order valence-corrected chi connectivity index (χ0v) is 11.2. The average molecular weight is 273 g/mol. The molecule has 19 heavy (non-hydrogen) atoms. The summed E-state index contributed by atoms with van der Waals surface area (Å²) in [6, 6.07) is 11.8. The molecule has 0 saturated heterocycles. The number of aryl methyl sites for hydroxylation is 1. The second-order valence-corrected chi connectivity index (χ2v) is 4.86. The maximum Gasteiger partial charge on any atom is 0.157 e. The van der Waals surface area contributed by atoms with Crippen molar-refractivity contribution in [3.05, 3.63) is 58.9 Å². The Labute approximate surface area is 116 Å². The van der Waals surface area contributed by atoms with Crippen LogP contribution in [0.2, 0.25) is 5.02 Å². The zero-order valence-electron chi connectivity index (χ0n) is 10.5. The second-order valence-electron chi connectivity index (χ2n) is 4.43. The van der Waals surface area contributed by atoms with Gasteiger partial charge in [-0.05, 0) is 42.3 Å². The molecule has 3 aromatic rings. The lowest BCUT2D eigenvalue weighted by molar-refractivity contribution is 0.941. The molecule has 5 heteroatoms. The molecule has 2 heterocycles. The van der Waals surface area contributed by atoms with Crippen LogP contribution in [0, 0.1) is 6.92 Å². The molecule has 96 valence electrons. The normalized spacial score (nSPS) is 10.8. The minimum absolute atomic E-state index is 0.718. The van der Waals surface area contributed by atoms with Gasteiger partial charge in [0.05, 0.1) is 0 Å². The van der Waals surface area contributed by atoms with Crippen molar-refractivity contribution in [1.82, 2.24) is 14.6 Å². The molecular formula is C14H13ClN4. The Morgan fingerprint density at radius 3 is 2.79 bits per heavy atom. The lowest BCUT2D eigenvalue weighted by Crippen LogP contribution is -2.05. The van der Waals surface area contributed by atoms with Crippen LogP contribution in [0.5, 0.6) is 0 Å². The van der Waals surface area contributed by atoms with Crippen LogP contribution in [0.1, 0.15) is 11.1 Å². The van der Waals surface area contributed by atoms with Crippen molar-refractivity contribution in [3.8, 4) is 0 Å². The van der Waals surface area contributed by atoms with Crippen LogP contribution in [0.25, 0.3) is 5.65 Å². The number of fused-ring (bicyclic) bond motifs is 1. The highest BCUT2D eigenvalue weighted by molar-refractivity contribution is 6.30. The zero-order chi connectivity index (χ0) is 13.2. The summed E-state index contributed by atoms with van der Waals surface area (Å²) in [5.74, 6) is 0.933. The van der Waals surface area contributed by atoms with Crippen molar-refractivity contribution in [2.45, 2.75) is 13.5 Å². The van der Waals surface area contributed by atoms with Crippen molar-refractivity contribution >= 4 is 23.1 Å². The lowest BCUT2D eigenvalue weighted by Gasteiger charge is -2.09. The van der Waals surface area contributed by atoms with Gasteiger partial charge in [0, 0.05) is 11.6 Å². The summed E-state index contributed by atoms with van der Waals surface area (Å²) in [4.78, 5) is 4.20. The number of hydrogen-bond acceptors (Lipinski definition) is 3. The monoisotopic (exact) mass is 272 g/mol. The first-order valence-electron chi connectivity index (χ1n) is 6.01. The molecule has 0 fully saturated rings. The fourth-order valence-electron chi connectivity index (χ4n) is 1.98. The third kappa shape index (κ3) is 2.53. The van der Waals surface area contributed by atoms with E-state index in [0.717, 1.165) is 28.6 Å². The van der Waals surface area contributed by atoms with Crippen LogP contribution in [0.15, 0.2) is 42.7 Å². The Morgan fingerprint density at radius 2 is 2.00 bits per heavy atom. The van der Waals surface area contributed by atoms with Gasteiger partial charge in [0.2, 0.25) is 0 Å². The van der Waals surface area contributed by atoms with Crippen molar-refractivity contribution in [1.29, 1.82) is 0 Å². The van der Waals surface area contributed by atoms with Gasteiger partial charge in [-0.15, -0.1) is 0 Å². The SMILES string of the molecule is Cc1cc(NCc2ccc(Cl)cc2)n2ncnc2c1. The summed E-state index contributed by atoms with van der Waals surface area (Å²) in [7, 11) is 0. The summed E-state index contributed by atoms with van der Waals surface area (Å²) in [6.45, 7) is 2.76. The number of pyridine rings is 1. The van der Waals surface area contributed by atoms with E-state index in [1.54, 1.807) is 10.8 Å². The Morgan fingerprint density at radius 1 is 1.21 bits per heavy atom. The summed E-state index contributed by atoms with van der Waals surface area (Å²) >= 11 is 5.87. The number of nitrogens with one attached hydrogen (secondary N) is 1. The third-order valence-corrected chi connectivity index (χ3v) is 3.16. The molecule has 0 amide bonds. The van der Waals surface area contributed by atoms with E-state index in [0.29, 0.717) is 0 Å². The van der Waals surface area contributed by atoms with Crippen molar-refractivity contribution in [3.63, 3.8) is 0 Å². The quantitative estimate of drug-likeness (QED) is 0.795. The molecule has 0 unspecified atom stereocenters. The van der Waals surface area contributed by atoms with Gasteiger partial charge in [-0.1, -0.05) is 23.7 Å². The number of nitrogens with zero attached hydrogens (tertiary/aromatic N) is 3. The Kier molecular flexibility index (Phi) is 3.09.